The normalized spacial score (nSPS) is 10.2. The highest BCUT2D eigenvalue weighted by molar-refractivity contribution is 9.10. The molecule has 0 bridgehead atoms. The summed E-state index contributed by atoms with van der Waals surface area (Å²) in [6, 6.07) is 12.3. The highest BCUT2D eigenvalue weighted by atomic mass is 79.9. The third-order valence-electron chi connectivity index (χ3n) is 3.67. The third-order valence-corrected chi connectivity index (χ3v) is 4.17. The molecule has 2 aromatic carbocycles. The number of benzene rings is 2. The van der Waals surface area contributed by atoms with E-state index in [2.05, 4.69) is 33.7 Å². The predicted octanol–water partition coefficient (Wildman–Crippen LogP) is 3.78. The number of nitrogens with one attached hydrogen (secondary N) is 2. The number of hydrogen-bond acceptors (Lipinski definition) is 4. The highest BCUT2D eigenvalue weighted by Crippen LogP contribution is 2.21. The summed E-state index contributed by atoms with van der Waals surface area (Å²) < 4.78 is 12.0. The minimum atomic E-state index is -0.457. The monoisotopic (exact) mass is 434 g/mol. The summed E-state index contributed by atoms with van der Waals surface area (Å²) in [6.45, 7) is 4.36. The molecular formula is C20H23BrN2O4. The van der Waals surface area contributed by atoms with Gasteiger partial charge in [-0.3, -0.25) is 20.4 Å². The van der Waals surface area contributed by atoms with Crippen molar-refractivity contribution in [3.05, 3.63) is 58.1 Å². The van der Waals surface area contributed by atoms with Crippen LogP contribution in [-0.2, 0) is 4.79 Å². The molecule has 2 amide bonds. The number of carbonyl (C=O) groups is 2. The molecule has 0 aliphatic heterocycles. The molecular weight excluding hydrogens is 412 g/mol. The zero-order valence-corrected chi connectivity index (χ0v) is 17.0. The first kappa shape index (κ1) is 20.8. The molecule has 0 spiro atoms. The third kappa shape index (κ3) is 6.94. The Morgan fingerprint density at radius 1 is 1.07 bits per heavy atom. The molecule has 0 aliphatic carbocycles. The molecule has 0 saturated heterocycles. The maximum Gasteiger partial charge on any atom is 0.276 e. The van der Waals surface area contributed by atoms with Gasteiger partial charge in [0.1, 0.15) is 11.5 Å². The quantitative estimate of drug-likeness (QED) is 0.489. The lowest BCUT2D eigenvalue weighted by Gasteiger charge is -2.11. The van der Waals surface area contributed by atoms with Crippen LogP contribution in [0.25, 0.3) is 0 Å². The zero-order chi connectivity index (χ0) is 19.6. The fourth-order valence-electron chi connectivity index (χ4n) is 2.21. The predicted molar refractivity (Wildman–Crippen MR) is 107 cm³/mol. The number of unbranched alkanes of at least 4 members (excludes halogenated alkanes) is 1. The van der Waals surface area contributed by atoms with Gasteiger partial charge in [-0.25, -0.2) is 0 Å². The van der Waals surface area contributed by atoms with E-state index in [9.17, 15) is 9.59 Å². The van der Waals surface area contributed by atoms with Gasteiger partial charge in [-0.1, -0.05) is 35.3 Å². The summed E-state index contributed by atoms with van der Waals surface area (Å²) in [5.41, 5.74) is 6.01. The van der Waals surface area contributed by atoms with E-state index in [4.69, 9.17) is 9.47 Å². The molecule has 0 heterocycles. The van der Waals surface area contributed by atoms with Crippen LogP contribution in [0.4, 0.5) is 0 Å². The van der Waals surface area contributed by atoms with Crippen LogP contribution >= 0.6 is 15.9 Å². The second kappa shape index (κ2) is 10.6. The topological polar surface area (TPSA) is 76.7 Å². The highest BCUT2D eigenvalue weighted by Gasteiger charge is 2.10. The average molecular weight is 435 g/mol. The van der Waals surface area contributed by atoms with E-state index < -0.39 is 11.8 Å². The second-order valence-electron chi connectivity index (χ2n) is 5.93. The van der Waals surface area contributed by atoms with Crippen LogP contribution in [0.5, 0.6) is 11.5 Å². The van der Waals surface area contributed by atoms with E-state index in [0.717, 1.165) is 22.9 Å². The van der Waals surface area contributed by atoms with Crippen LogP contribution < -0.4 is 20.3 Å². The van der Waals surface area contributed by atoms with Crippen LogP contribution in [-0.4, -0.2) is 25.0 Å². The number of carbonyl (C=O) groups excluding carboxylic acids is 2. The fraction of sp³-hybridized carbons (Fsp3) is 0.300. The Morgan fingerprint density at radius 3 is 2.63 bits per heavy atom. The summed E-state index contributed by atoms with van der Waals surface area (Å²) >= 11 is 3.37. The van der Waals surface area contributed by atoms with Crippen LogP contribution in [0.1, 0.15) is 35.7 Å². The van der Waals surface area contributed by atoms with Crippen LogP contribution in [0.15, 0.2) is 46.9 Å². The second-order valence-corrected chi connectivity index (χ2v) is 6.85. The van der Waals surface area contributed by atoms with E-state index in [1.54, 1.807) is 30.3 Å². The summed E-state index contributed by atoms with van der Waals surface area (Å²) in [6.07, 6.45) is 1.98. The SMILES string of the molecule is CCCCOc1cccc(C(=O)NNC(=O)COc2ccc(Br)cc2C)c1. The number of hydrazine groups is 1. The van der Waals surface area contributed by atoms with Crippen molar-refractivity contribution in [2.24, 2.45) is 0 Å². The average Bonchev–Trinajstić information content (AvgIpc) is 2.66. The Labute approximate surface area is 167 Å². The maximum atomic E-state index is 12.2. The summed E-state index contributed by atoms with van der Waals surface area (Å²) in [5, 5.41) is 0. The molecule has 27 heavy (non-hydrogen) atoms. The molecule has 0 aliphatic rings. The number of aryl methyl sites for hydroxylation is 1. The first-order valence-corrected chi connectivity index (χ1v) is 9.50. The van der Waals surface area contributed by atoms with Gasteiger partial charge >= 0.3 is 0 Å². The fourth-order valence-corrected chi connectivity index (χ4v) is 2.69. The number of ether oxygens (including phenoxy) is 2. The molecule has 0 unspecified atom stereocenters. The lowest BCUT2D eigenvalue weighted by atomic mass is 10.2. The van der Waals surface area contributed by atoms with Gasteiger partial charge in [0.05, 0.1) is 6.61 Å². The molecule has 6 nitrogen and oxygen atoms in total. The molecule has 144 valence electrons. The van der Waals surface area contributed by atoms with Crippen molar-refractivity contribution in [2.45, 2.75) is 26.7 Å². The number of amides is 2. The standard InChI is InChI=1S/C20H23BrN2O4/c1-3-4-10-26-17-7-5-6-15(12-17)20(25)23-22-19(24)13-27-18-9-8-16(21)11-14(18)2/h5-9,11-12H,3-4,10,13H2,1-2H3,(H,22,24)(H,23,25). The van der Waals surface area contributed by atoms with Gasteiger partial charge in [-0.2, -0.15) is 0 Å². The van der Waals surface area contributed by atoms with Crippen molar-refractivity contribution in [1.82, 2.24) is 10.9 Å². The van der Waals surface area contributed by atoms with Crippen LogP contribution in [0, 0.1) is 6.92 Å². The van der Waals surface area contributed by atoms with E-state index in [0.29, 0.717) is 23.7 Å². The molecule has 0 radical (unpaired) electrons. The van der Waals surface area contributed by atoms with Gasteiger partial charge in [-0.05, 0) is 55.3 Å². The zero-order valence-electron chi connectivity index (χ0n) is 15.4. The smallest absolute Gasteiger partial charge is 0.276 e. The number of hydrogen-bond donors (Lipinski definition) is 2. The van der Waals surface area contributed by atoms with Crippen molar-refractivity contribution in [1.29, 1.82) is 0 Å². The summed E-state index contributed by atoms with van der Waals surface area (Å²) in [5.74, 6) is 0.346. The van der Waals surface area contributed by atoms with Gasteiger partial charge in [0.2, 0.25) is 0 Å². The Morgan fingerprint density at radius 2 is 1.89 bits per heavy atom. The van der Waals surface area contributed by atoms with E-state index >= 15 is 0 Å². The molecule has 0 saturated carbocycles. The minimum absolute atomic E-state index is 0.205. The molecule has 0 atom stereocenters. The Bertz CT molecular complexity index is 795. The number of halogens is 1. The Hall–Kier alpha value is -2.54. The van der Waals surface area contributed by atoms with Crippen molar-refractivity contribution >= 4 is 27.7 Å². The lowest BCUT2D eigenvalue weighted by molar-refractivity contribution is -0.123. The Balaban J connectivity index is 1.80. The summed E-state index contributed by atoms with van der Waals surface area (Å²) in [4.78, 5) is 24.1. The molecule has 0 fully saturated rings. The Kier molecular flexibility index (Phi) is 8.13. The van der Waals surface area contributed by atoms with Gasteiger partial charge in [0.25, 0.3) is 11.8 Å². The van der Waals surface area contributed by atoms with E-state index in [1.165, 1.54) is 0 Å². The van der Waals surface area contributed by atoms with Crippen molar-refractivity contribution in [2.75, 3.05) is 13.2 Å². The maximum absolute atomic E-state index is 12.2. The molecule has 2 aromatic rings. The number of rotatable bonds is 8. The largest absolute Gasteiger partial charge is 0.494 e. The van der Waals surface area contributed by atoms with Gasteiger partial charge in [0, 0.05) is 10.0 Å². The summed E-state index contributed by atoms with van der Waals surface area (Å²) in [7, 11) is 0. The first-order chi connectivity index (χ1) is 13.0. The van der Waals surface area contributed by atoms with Crippen LogP contribution in [0.2, 0.25) is 0 Å². The van der Waals surface area contributed by atoms with Gasteiger partial charge in [-0.15, -0.1) is 0 Å². The first-order valence-electron chi connectivity index (χ1n) is 8.70. The minimum Gasteiger partial charge on any atom is -0.494 e. The van der Waals surface area contributed by atoms with Crippen molar-refractivity contribution < 1.29 is 19.1 Å². The van der Waals surface area contributed by atoms with Crippen molar-refractivity contribution in [3.8, 4) is 11.5 Å². The molecule has 0 aromatic heterocycles. The van der Waals surface area contributed by atoms with Gasteiger partial charge < -0.3 is 9.47 Å². The van der Waals surface area contributed by atoms with Crippen molar-refractivity contribution in [3.63, 3.8) is 0 Å². The molecule has 2 rings (SSSR count). The van der Waals surface area contributed by atoms with E-state index in [-0.39, 0.29) is 6.61 Å². The van der Waals surface area contributed by atoms with Crippen LogP contribution in [0.3, 0.4) is 0 Å². The molecule has 7 heteroatoms. The molecule has 2 N–H and O–H groups in total. The lowest BCUT2D eigenvalue weighted by Crippen LogP contribution is -2.43. The van der Waals surface area contributed by atoms with Gasteiger partial charge in [0.15, 0.2) is 6.61 Å². The van der Waals surface area contributed by atoms with E-state index in [1.807, 2.05) is 19.1 Å².